The van der Waals surface area contributed by atoms with Crippen molar-refractivity contribution in [2.45, 2.75) is 38.0 Å². The third kappa shape index (κ3) is 1.67. The van der Waals surface area contributed by atoms with Crippen LogP contribution in [0.5, 0.6) is 0 Å². The molecule has 0 saturated heterocycles. The Kier molecular flexibility index (Phi) is 2.96. The average molecular weight is 306 g/mol. The molecule has 1 unspecified atom stereocenters. The fourth-order valence-corrected chi connectivity index (χ4v) is 4.89. The standard InChI is InChI=1S/C21H22O2/c1-4-23-19(22)18-13-20(2)14-9-5-7-11-16(14)21(18,3)17-12-8-6-10-15(17)20/h5-12,18H,4,13H2,1-3H3. The second-order valence-electron chi connectivity index (χ2n) is 7.13. The molecule has 3 aliphatic carbocycles. The molecule has 0 N–H and O–H groups in total. The van der Waals surface area contributed by atoms with Gasteiger partial charge in [0.05, 0.1) is 12.5 Å². The van der Waals surface area contributed by atoms with E-state index in [1.807, 2.05) is 6.92 Å². The fourth-order valence-electron chi connectivity index (χ4n) is 4.89. The molecule has 0 heterocycles. The maximum absolute atomic E-state index is 12.7. The molecule has 2 aromatic rings. The summed E-state index contributed by atoms with van der Waals surface area (Å²) >= 11 is 0. The zero-order chi connectivity index (χ0) is 16.2. The Balaban J connectivity index is 2.03. The molecule has 0 spiro atoms. The minimum Gasteiger partial charge on any atom is -0.466 e. The lowest BCUT2D eigenvalue weighted by molar-refractivity contribution is -0.151. The monoisotopic (exact) mass is 306 g/mol. The Morgan fingerprint density at radius 3 is 1.96 bits per heavy atom. The minimum atomic E-state index is -0.308. The van der Waals surface area contributed by atoms with Crippen LogP contribution in [0.3, 0.4) is 0 Å². The summed E-state index contributed by atoms with van der Waals surface area (Å²) in [5.74, 6) is -0.192. The molecule has 1 atom stereocenters. The van der Waals surface area contributed by atoms with Gasteiger partial charge in [0, 0.05) is 10.8 Å². The van der Waals surface area contributed by atoms with Gasteiger partial charge in [-0.1, -0.05) is 62.4 Å². The SMILES string of the molecule is CCOC(=O)C1CC2(C)c3ccccc3C1(C)c1ccccc12. The van der Waals surface area contributed by atoms with Crippen LogP contribution in [0, 0.1) is 5.92 Å². The number of carbonyl (C=O) groups is 1. The van der Waals surface area contributed by atoms with Crippen molar-refractivity contribution < 1.29 is 9.53 Å². The second kappa shape index (κ2) is 4.70. The highest BCUT2D eigenvalue weighted by Crippen LogP contribution is 2.61. The first-order valence-corrected chi connectivity index (χ1v) is 8.40. The molecule has 0 aliphatic heterocycles. The van der Waals surface area contributed by atoms with Crippen LogP contribution in [0.15, 0.2) is 48.5 Å². The molecular weight excluding hydrogens is 284 g/mol. The van der Waals surface area contributed by atoms with Crippen LogP contribution in [-0.4, -0.2) is 12.6 Å². The molecule has 0 amide bonds. The molecular formula is C21H22O2. The minimum absolute atomic E-state index is 0.0646. The maximum Gasteiger partial charge on any atom is 0.310 e. The van der Waals surface area contributed by atoms with Gasteiger partial charge in [0.25, 0.3) is 0 Å². The first-order chi connectivity index (χ1) is 11.0. The van der Waals surface area contributed by atoms with Crippen LogP contribution in [0.4, 0.5) is 0 Å². The molecule has 23 heavy (non-hydrogen) atoms. The molecule has 2 heteroatoms. The van der Waals surface area contributed by atoms with Gasteiger partial charge in [-0.2, -0.15) is 0 Å². The third-order valence-electron chi connectivity index (χ3n) is 6.04. The smallest absolute Gasteiger partial charge is 0.310 e. The number of fused-ring (bicyclic) bond motifs is 1. The summed E-state index contributed by atoms with van der Waals surface area (Å²) in [6.45, 7) is 6.80. The van der Waals surface area contributed by atoms with Crippen LogP contribution in [0.1, 0.15) is 49.4 Å². The number of ether oxygens (including phenoxy) is 1. The van der Waals surface area contributed by atoms with Gasteiger partial charge in [-0.25, -0.2) is 0 Å². The van der Waals surface area contributed by atoms with E-state index in [9.17, 15) is 4.79 Å². The topological polar surface area (TPSA) is 26.3 Å². The van der Waals surface area contributed by atoms with Crippen molar-refractivity contribution in [2.24, 2.45) is 5.92 Å². The molecule has 0 fully saturated rings. The van der Waals surface area contributed by atoms with E-state index in [-0.39, 0.29) is 22.7 Å². The molecule has 0 aromatic heterocycles. The van der Waals surface area contributed by atoms with Gasteiger partial charge in [0.15, 0.2) is 0 Å². The van der Waals surface area contributed by atoms with E-state index in [0.717, 1.165) is 6.42 Å². The number of benzene rings is 2. The Morgan fingerprint density at radius 2 is 1.48 bits per heavy atom. The predicted octanol–water partition coefficient (Wildman–Crippen LogP) is 4.20. The Bertz CT molecular complexity index is 742. The number of esters is 1. The third-order valence-corrected chi connectivity index (χ3v) is 6.04. The summed E-state index contributed by atoms with van der Waals surface area (Å²) in [4.78, 5) is 12.7. The molecule has 0 radical (unpaired) electrons. The predicted molar refractivity (Wildman–Crippen MR) is 90.5 cm³/mol. The van der Waals surface area contributed by atoms with Gasteiger partial charge in [0.1, 0.15) is 0 Å². The van der Waals surface area contributed by atoms with E-state index in [0.29, 0.717) is 6.61 Å². The van der Waals surface area contributed by atoms with Crippen molar-refractivity contribution >= 4 is 5.97 Å². The summed E-state index contributed by atoms with van der Waals surface area (Å²) in [7, 11) is 0. The summed E-state index contributed by atoms with van der Waals surface area (Å²) in [5, 5.41) is 0. The Labute approximate surface area is 137 Å². The average Bonchev–Trinajstić information content (AvgIpc) is 2.58. The van der Waals surface area contributed by atoms with Gasteiger partial charge >= 0.3 is 5.97 Å². The van der Waals surface area contributed by atoms with Crippen LogP contribution < -0.4 is 0 Å². The summed E-state index contributed by atoms with van der Waals surface area (Å²) in [6, 6.07) is 17.2. The van der Waals surface area contributed by atoms with Crippen LogP contribution >= 0.6 is 0 Å². The molecule has 0 saturated carbocycles. The summed E-state index contributed by atoms with van der Waals surface area (Å²) in [6.07, 6.45) is 0.816. The quantitative estimate of drug-likeness (QED) is 0.778. The number of hydrogen-bond acceptors (Lipinski definition) is 2. The number of rotatable bonds is 2. The maximum atomic E-state index is 12.7. The second-order valence-corrected chi connectivity index (χ2v) is 7.13. The van der Waals surface area contributed by atoms with Crippen molar-refractivity contribution in [2.75, 3.05) is 6.61 Å². The molecule has 118 valence electrons. The normalized spacial score (nSPS) is 30.5. The molecule has 2 nitrogen and oxygen atoms in total. The lowest BCUT2D eigenvalue weighted by Crippen LogP contribution is -2.54. The first kappa shape index (κ1) is 14.5. The largest absolute Gasteiger partial charge is 0.466 e. The molecule has 2 aromatic carbocycles. The number of hydrogen-bond donors (Lipinski definition) is 0. The van der Waals surface area contributed by atoms with Gasteiger partial charge in [-0.05, 0) is 35.6 Å². The van der Waals surface area contributed by atoms with Crippen molar-refractivity contribution in [3.05, 3.63) is 70.8 Å². The zero-order valence-corrected chi connectivity index (χ0v) is 13.9. The van der Waals surface area contributed by atoms with Crippen molar-refractivity contribution in [1.82, 2.24) is 0 Å². The van der Waals surface area contributed by atoms with E-state index >= 15 is 0 Å². The fraction of sp³-hybridized carbons (Fsp3) is 0.381. The van der Waals surface area contributed by atoms with Gasteiger partial charge in [-0.15, -0.1) is 0 Å². The van der Waals surface area contributed by atoms with E-state index in [4.69, 9.17) is 4.74 Å². The van der Waals surface area contributed by atoms with E-state index in [2.05, 4.69) is 62.4 Å². The highest BCUT2D eigenvalue weighted by atomic mass is 16.5. The highest BCUT2D eigenvalue weighted by Gasteiger charge is 2.58. The van der Waals surface area contributed by atoms with Crippen molar-refractivity contribution in [1.29, 1.82) is 0 Å². The molecule has 5 rings (SSSR count). The van der Waals surface area contributed by atoms with E-state index in [1.54, 1.807) is 0 Å². The Morgan fingerprint density at radius 1 is 1.00 bits per heavy atom. The lowest BCUT2D eigenvalue weighted by Gasteiger charge is -2.56. The molecule has 3 aliphatic rings. The van der Waals surface area contributed by atoms with Crippen molar-refractivity contribution in [3.63, 3.8) is 0 Å². The summed E-state index contributed by atoms with van der Waals surface area (Å²) < 4.78 is 5.44. The lowest BCUT2D eigenvalue weighted by atomic mass is 9.46. The van der Waals surface area contributed by atoms with E-state index in [1.165, 1.54) is 22.3 Å². The van der Waals surface area contributed by atoms with Crippen LogP contribution in [-0.2, 0) is 20.4 Å². The first-order valence-electron chi connectivity index (χ1n) is 8.40. The highest BCUT2D eigenvalue weighted by molar-refractivity contribution is 5.80. The zero-order valence-electron chi connectivity index (χ0n) is 13.9. The van der Waals surface area contributed by atoms with E-state index < -0.39 is 0 Å². The van der Waals surface area contributed by atoms with Crippen LogP contribution in [0.25, 0.3) is 0 Å². The van der Waals surface area contributed by atoms with Crippen molar-refractivity contribution in [3.8, 4) is 0 Å². The Hall–Kier alpha value is -2.09. The van der Waals surface area contributed by atoms with Gasteiger partial charge < -0.3 is 4.74 Å². The molecule has 2 bridgehead atoms. The van der Waals surface area contributed by atoms with Gasteiger partial charge in [-0.3, -0.25) is 4.79 Å². The van der Waals surface area contributed by atoms with Crippen LogP contribution in [0.2, 0.25) is 0 Å². The van der Waals surface area contributed by atoms with Gasteiger partial charge in [0.2, 0.25) is 0 Å². The summed E-state index contributed by atoms with van der Waals surface area (Å²) in [5.41, 5.74) is 4.86. The number of carbonyl (C=O) groups excluding carboxylic acids is 1.